The lowest BCUT2D eigenvalue weighted by Crippen LogP contribution is -2.65. The Balaban J connectivity index is 1.94. The molecule has 12 heteroatoms. The van der Waals surface area contributed by atoms with Crippen LogP contribution in [0, 0.1) is 17.3 Å². The Labute approximate surface area is 251 Å². The number of fused-ring (bicyclic) bond motifs is 3. The van der Waals surface area contributed by atoms with Gasteiger partial charge in [0.2, 0.25) is 11.7 Å². The molecule has 12 nitrogen and oxygen atoms in total. The molecular formula is C31H42N4O8. The number of aliphatic hydroxyl groups excluding tert-OH is 2. The largest absolute Gasteiger partial charge is 0.508 e. The Morgan fingerprint density at radius 2 is 1.70 bits per heavy atom. The molecule has 0 bridgehead atoms. The maximum atomic E-state index is 14.1. The number of carbonyl (C=O) groups excluding carboxylic acids is 4. The van der Waals surface area contributed by atoms with Gasteiger partial charge >= 0.3 is 0 Å². The molecule has 6 N–H and O–H groups in total. The van der Waals surface area contributed by atoms with Crippen molar-refractivity contribution in [2.45, 2.75) is 58.7 Å². The van der Waals surface area contributed by atoms with Crippen LogP contribution in [-0.4, -0.2) is 100.0 Å². The second kappa shape index (κ2) is 10.7. The van der Waals surface area contributed by atoms with Crippen molar-refractivity contribution in [3.05, 3.63) is 39.7 Å². The highest BCUT2D eigenvalue weighted by Crippen LogP contribution is 2.54. The van der Waals surface area contributed by atoms with Crippen LogP contribution < -0.4 is 10.6 Å². The normalized spacial score (nSPS) is 25.4. The second-order valence-electron chi connectivity index (χ2n) is 13.5. The minimum Gasteiger partial charge on any atom is -0.508 e. The number of ketones is 2. The van der Waals surface area contributed by atoms with Gasteiger partial charge in [-0.1, -0.05) is 20.8 Å². The predicted molar refractivity (Wildman–Crippen MR) is 159 cm³/mol. The molecule has 0 spiro atoms. The first-order chi connectivity index (χ1) is 19.7. The number of Topliss-reactive ketones (excluding diaryl/α,β-unsaturated/α-hetero) is 2. The van der Waals surface area contributed by atoms with Gasteiger partial charge < -0.3 is 36.0 Å². The van der Waals surface area contributed by atoms with Crippen molar-refractivity contribution in [3.63, 3.8) is 0 Å². The third-order valence-electron chi connectivity index (χ3n) is 8.73. The van der Waals surface area contributed by atoms with E-state index in [0.717, 1.165) is 0 Å². The molecule has 4 atom stereocenters. The predicted octanol–water partition coefficient (Wildman–Crippen LogP) is 1.42. The third kappa shape index (κ3) is 5.06. The SMILES string of the molecule is CC(=O)N(Cc1cc(N(C)C)c2c(c1O)C(O)=C1C(=O)[C@]3(O)C(O)=C(C(N)=O)C(=O)[C@@H](N(C)C)[C@@H]3C[C@@H]1C2)CC(C)(C)C. The van der Waals surface area contributed by atoms with Gasteiger partial charge in [0, 0.05) is 56.9 Å². The van der Waals surface area contributed by atoms with E-state index in [1.54, 1.807) is 39.2 Å². The fraction of sp³-hybridized carbons (Fsp3) is 0.548. The molecule has 0 unspecified atom stereocenters. The highest BCUT2D eigenvalue weighted by Gasteiger charge is 2.64. The highest BCUT2D eigenvalue weighted by molar-refractivity contribution is 6.24. The maximum absolute atomic E-state index is 14.1. The number of aromatic hydroxyl groups is 1. The number of benzene rings is 1. The Hall–Kier alpha value is -3.90. The van der Waals surface area contributed by atoms with E-state index >= 15 is 0 Å². The Morgan fingerprint density at radius 3 is 2.19 bits per heavy atom. The average Bonchev–Trinajstić information content (AvgIpc) is 2.85. The second-order valence-corrected chi connectivity index (χ2v) is 13.5. The molecule has 3 aliphatic rings. The van der Waals surface area contributed by atoms with E-state index in [1.807, 2.05) is 25.7 Å². The standard InChI is InChI=1S/C31H42N4O8/c1-14(36)35(13-30(2,3)4)12-16-11-19(33(5)6)17-9-15-10-18-23(34(7)8)26(39)22(29(32)42)28(41)31(18,43)27(40)20(15)25(38)21(17)24(16)37/h11,15,18,23,37-38,41,43H,9-10,12-13H2,1-8H3,(H2,32,42)/t15-,18-,23-,31-/m0/s1. The summed E-state index contributed by atoms with van der Waals surface area (Å²) in [6.45, 7) is 7.83. The van der Waals surface area contributed by atoms with E-state index in [-0.39, 0.29) is 47.6 Å². The zero-order valence-electron chi connectivity index (χ0n) is 26.0. The number of nitrogens with zero attached hydrogens (tertiary/aromatic N) is 3. The molecule has 0 radical (unpaired) electrons. The molecule has 1 aromatic carbocycles. The van der Waals surface area contributed by atoms with Crippen molar-refractivity contribution in [3.8, 4) is 5.75 Å². The van der Waals surface area contributed by atoms with Gasteiger partial charge in [-0.15, -0.1) is 0 Å². The summed E-state index contributed by atoms with van der Waals surface area (Å²) in [6, 6.07) is 0.605. The van der Waals surface area contributed by atoms with Crippen LogP contribution in [-0.2, 0) is 32.1 Å². The lowest BCUT2D eigenvalue weighted by atomic mass is 9.57. The summed E-state index contributed by atoms with van der Waals surface area (Å²) in [4.78, 5) is 57.0. The molecule has 234 valence electrons. The van der Waals surface area contributed by atoms with Crippen LogP contribution in [0.25, 0.3) is 5.76 Å². The van der Waals surface area contributed by atoms with Gasteiger partial charge in [0.1, 0.15) is 22.8 Å². The smallest absolute Gasteiger partial charge is 0.255 e. The number of primary amides is 1. The van der Waals surface area contributed by atoms with Gasteiger partial charge in [0.05, 0.1) is 11.6 Å². The fourth-order valence-corrected chi connectivity index (χ4v) is 6.92. The topological polar surface area (TPSA) is 185 Å². The Morgan fingerprint density at radius 1 is 1.09 bits per heavy atom. The molecule has 1 saturated carbocycles. The molecule has 4 rings (SSSR count). The van der Waals surface area contributed by atoms with Gasteiger partial charge in [-0.3, -0.25) is 24.1 Å². The van der Waals surface area contributed by atoms with E-state index in [4.69, 9.17) is 5.73 Å². The van der Waals surface area contributed by atoms with Crippen molar-refractivity contribution >= 4 is 34.8 Å². The molecule has 3 aliphatic carbocycles. The van der Waals surface area contributed by atoms with Crippen LogP contribution in [0.15, 0.2) is 23.0 Å². The molecule has 0 aliphatic heterocycles. The van der Waals surface area contributed by atoms with Crippen molar-refractivity contribution < 1.29 is 39.6 Å². The van der Waals surface area contributed by atoms with E-state index < -0.39 is 58.0 Å². The fourth-order valence-electron chi connectivity index (χ4n) is 6.92. The van der Waals surface area contributed by atoms with Crippen molar-refractivity contribution in [1.29, 1.82) is 0 Å². The van der Waals surface area contributed by atoms with Crippen LogP contribution in [0.4, 0.5) is 5.69 Å². The van der Waals surface area contributed by atoms with Crippen LogP contribution in [0.1, 0.15) is 50.8 Å². The first kappa shape index (κ1) is 32.0. The molecule has 1 fully saturated rings. The lowest BCUT2D eigenvalue weighted by molar-refractivity contribution is -0.153. The van der Waals surface area contributed by atoms with Crippen molar-refractivity contribution in [2.75, 3.05) is 39.6 Å². The van der Waals surface area contributed by atoms with Gasteiger partial charge in [-0.25, -0.2) is 0 Å². The zero-order chi connectivity index (χ0) is 32.5. The lowest BCUT2D eigenvalue weighted by Gasteiger charge is -2.50. The number of aliphatic hydroxyl groups is 3. The van der Waals surface area contributed by atoms with E-state index in [9.17, 15) is 39.6 Å². The number of likely N-dealkylation sites (N-methyl/N-ethyl adjacent to an activating group) is 1. The minimum absolute atomic E-state index is 0.00301. The summed E-state index contributed by atoms with van der Waals surface area (Å²) in [5, 5.41) is 46.1. The molecule has 0 heterocycles. The minimum atomic E-state index is -2.71. The summed E-state index contributed by atoms with van der Waals surface area (Å²) in [6.07, 6.45) is 0.180. The summed E-state index contributed by atoms with van der Waals surface area (Å²) >= 11 is 0. The number of anilines is 1. The maximum Gasteiger partial charge on any atom is 0.255 e. The molecule has 43 heavy (non-hydrogen) atoms. The van der Waals surface area contributed by atoms with Crippen LogP contribution in [0.3, 0.4) is 0 Å². The number of phenolic OH excluding ortho intramolecular Hbond substituents is 1. The van der Waals surface area contributed by atoms with E-state index in [0.29, 0.717) is 23.4 Å². The number of nitrogens with two attached hydrogens (primary N) is 1. The number of amides is 2. The molecule has 1 aromatic rings. The Kier molecular flexibility index (Phi) is 7.95. The van der Waals surface area contributed by atoms with Gasteiger partial charge in [-0.2, -0.15) is 0 Å². The molecular weight excluding hydrogens is 556 g/mol. The van der Waals surface area contributed by atoms with Crippen molar-refractivity contribution in [2.24, 2.45) is 23.0 Å². The first-order valence-corrected chi connectivity index (χ1v) is 14.2. The monoisotopic (exact) mass is 598 g/mol. The highest BCUT2D eigenvalue weighted by atomic mass is 16.3. The number of rotatable bonds is 6. The quantitative estimate of drug-likeness (QED) is 0.300. The third-order valence-corrected chi connectivity index (χ3v) is 8.73. The van der Waals surface area contributed by atoms with Crippen LogP contribution in [0.2, 0.25) is 0 Å². The van der Waals surface area contributed by atoms with Crippen molar-refractivity contribution in [1.82, 2.24) is 9.80 Å². The van der Waals surface area contributed by atoms with Crippen LogP contribution in [0.5, 0.6) is 5.75 Å². The number of hydrogen-bond donors (Lipinski definition) is 5. The number of hydrogen-bond acceptors (Lipinski definition) is 10. The zero-order valence-corrected chi connectivity index (χ0v) is 26.0. The van der Waals surface area contributed by atoms with E-state index in [2.05, 4.69) is 0 Å². The molecule has 2 amide bonds. The summed E-state index contributed by atoms with van der Waals surface area (Å²) in [5.41, 5.74) is 2.94. The Bertz CT molecular complexity index is 1490. The first-order valence-electron chi connectivity index (χ1n) is 14.2. The number of carbonyl (C=O) groups is 4. The summed E-state index contributed by atoms with van der Waals surface area (Å²) in [5.74, 6) is -7.19. The van der Waals surface area contributed by atoms with Gasteiger partial charge in [0.25, 0.3) is 5.91 Å². The van der Waals surface area contributed by atoms with Gasteiger partial charge in [-0.05, 0) is 49.9 Å². The summed E-state index contributed by atoms with van der Waals surface area (Å²) < 4.78 is 0. The van der Waals surface area contributed by atoms with E-state index in [1.165, 1.54) is 11.8 Å². The average molecular weight is 599 g/mol. The van der Waals surface area contributed by atoms with Gasteiger partial charge in [0.15, 0.2) is 11.4 Å². The number of phenols is 1. The summed E-state index contributed by atoms with van der Waals surface area (Å²) in [7, 11) is 6.71. The molecule has 0 saturated heterocycles. The molecule has 0 aromatic heterocycles. The van der Waals surface area contributed by atoms with Crippen LogP contribution >= 0.6 is 0 Å².